The predicted molar refractivity (Wildman–Crippen MR) is 56.7 cm³/mol. The van der Waals surface area contributed by atoms with Crippen LogP contribution in [0, 0.1) is 0 Å². The highest BCUT2D eigenvalue weighted by molar-refractivity contribution is 6.30. The van der Waals surface area contributed by atoms with Crippen LogP contribution in [0.2, 0.25) is 5.02 Å². The number of halogens is 2. The lowest BCUT2D eigenvalue weighted by Crippen LogP contribution is -2.33. The summed E-state index contributed by atoms with van der Waals surface area (Å²) in [5.41, 5.74) is -1.04. The van der Waals surface area contributed by atoms with Gasteiger partial charge in [0.05, 0.1) is 5.88 Å². The van der Waals surface area contributed by atoms with Crippen molar-refractivity contribution in [1.82, 2.24) is 0 Å². The monoisotopic (exact) mass is 232 g/mol. The molecule has 0 spiro atoms. The summed E-state index contributed by atoms with van der Waals surface area (Å²) in [6, 6.07) is 6.44. The minimum absolute atomic E-state index is 0.213. The van der Waals surface area contributed by atoms with Crippen molar-refractivity contribution in [3.8, 4) is 0 Å². The maximum Gasteiger partial charge on any atom is 0.183 e. The Bertz CT molecular complexity index is 330. The molecule has 1 aromatic rings. The van der Waals surface area contributed by atoms with Crippen molar-refractivity contribution in [3.63, 3.8) is 0 Å². The molecule has 4 heteroatoms. The second-order valence-corrected chi connectivity index (χ2v) is 3.84. The Morgan fingerprint density at radius 2 is 1.93 bits per heavy atom. The van der Waals surface area contributed by atoms with E-state index in [1.807, 2.05) is 0 Å². The number of Topliss-reactive ketones (excluding diaryl/α,β-unsaturated/α-hetero) is 1. The molecule has 1 unspecified atom stereocenters. The summed E-state index contributed by atoms with van der Waals surface area (Å²) >= 11 is 11.1. The fourth-order valence-corrected chi connectivity index (χ4v) is 1.45. The first-order valence-corrected chi connectivity index (χ1v) is 4.97. The molecule has 0 radical (unpaired) electrons. The number of carbonyl (C=O) groups is 1. The maximum absolute atomic E-state index is 11.3. The molecule has 0 heterocycles. The number of carbonyl (C=O) groups excluding carboxylic acids is 1. The van der Waals surface area contributed by atoms with E-state index in [0.29, 0.717) is 10.6 Å². The highest BCUT2D eigenvalue weighted by atomic mass is 35.5. The SMILES string of the molecule is CC(O)(C(=O)CCl)c1ccc(Cl)cc1. The van der Waals surface area contributed by atoms with Gasteiger partial charge in [-0.1, -0.05) is 23.7 Å². The van der Waals surface area contributed by atoms with Crippen LogP contribution in [0.1, 0.15) is 12.5 Å². The zero-order valence-electron chi connectivity index (χ0n) is 7.63. The molecule has 0 aliphatic rings. The van der Waals surface area contributed by atoms with Crippen molar-refractivity contribution in [2.45, 2.75) is 12.5 Å². The molecule has 0 aromatic heterocycles. The van der Waals surface area contributed by atoms with Crippen LogP contribution in [0.3, 0.4) is 0 Å². The standard InChI is InChI=1S/C10H10Cl2O2/c1-10(14,9(13)6-11)7-2-4-8(12)5-3-7/h2-5,14H,6H2,1H3. The first-order valence-electron chi connectivity index (χ1n) is 4.06. The molecule has 1 rings (SSSR count). The Labute approximate surface area is 92.5 Å². The van der Waals surface area contributed by atoms with Gasteiger partial charge in [-0.15, -0.1) is 11.6 Å². The normalized spacial score (nSPS) is 14.9. The van der Waals surface area contributed by atoms with Gasteiger partial charge in [-0.2, -0.15) is 0 Å². The Morgan fingerprint density at radius 1 is 1.43 bits per heavy atom. The first kappa shape index (κ1) is 11.5. The number of benzene rings is 1. The maximum atomic E-state index is 11.3. The summed E-state index contributed by atoms with van der Waals surface area (Å²) in [5.74, 6) is -0.642. The van der Waals surface area contributed by atoms with Gasteiger partial charge in [-0.05, 0) is 24.6 Å². The Kier molecular flexibility index (Phi) is 3.53. The summed E-state index contributed by atoms with van der Waals surface area (Å²) in [4.78, 5) is 11.3. The number of alkyl halides is 1. The van der Waals surface area contributed by atoms with Crippen molar-refractivity contribution >= 4 is 29.0 Å². The van der Waals surface area contributed by atoms with Crippen LogP contribution < -0.4 is 0 Å². The molecule has 1 N–H and O–H groups in total. The number of hydrogen-bond donors (Lipinski definition) is 1. The average Bonchev–Trinajstić information content (AvgIpc) is 2.17. The second kappa shape index (κ2) is 4.30. The molecule has 0 bridgehead atoms. The molecule has 0 saturated carbocycles. The van der Waals surface area contributed by atoms with Gasteiger partial charge in [0, 0.05) is 5.02 Å². The lowest BCUT2D eigenvalue weighted by atomic mass is 9.92. The molecule has 0 aliphatic heterocycles. The molecule has 1 atom stereocenters. The van der Waals surface area contributed by atoms with Crippen molar-refractivity contribution < 1.29 is 9.90 Å². The van der Waals surface area contributed by atoms with Crippen molar-refractivity contribution in [1.29, 1.82) is 0 Å². The summed E-state index contributed by atoms with van der Waals surface area (Å²) in [7, 11) is 0. The fourth-order valence-electron chi connectivity index (χ4n) is 1.07. The molecular formula is C10H10Cl2O2. The summed E-state index contributed by atoms with van der Waals surface area (Å²) in [6.45, 7) is 1.42. The van der Waals surface area contributed by atoms with Crippen LogP contribution in [0.15, 0.2) is 24.3 Å². The Balaban J connectivity index is 3.03. The van der Waals surface area contributed by atoms with Gasteiger partial charge in [-0.25, -0.2) is 0 Å². The Morgan fingerprint density at radius 3 is 2.36 bits per heavy atom. The zero-order chi connectivity index (χ0) is 10.8. The molecular weight excluding hydrogens is 223 g/mol. The highest BCUT2D eigenvalue weighted by Gasteiger charge is 2.30. The first-order chi connectivity index (χ1) is 6.48. The summed E-state index contributed by atoms with van der Waals surface area (Å²) in [5, 5.41) is 10.4. The smallest absolute Gasteiger partial charge is 0.183 e. The minimum Gasteiger partial charge on any atom is -0.378 e. The highest BCUT2D eigenvalue weighted by Crippen LogP contribution is 2.23. The van der Waals surface area contributed by atoms with Gasteiger partial charge >= 0.3 is 0 Å². The van der Waals surface area contributed by atoms with Crippen LogP contribution in [-0.4, -0.2) is 16.8 Å². The van der Waals surface area contributed by atoms with Crippen molar-refractivity contribution in [3.05, 3.63) is 34.9 Å². The number of ketones is 1. The van der Waals surface area contributed by atoms with Crippen LogP contribution in [-0.2, 0) is 10.4 Å². The number of aliphatic hydroxyl groups is 1. The van der Waals surface area contributed by atoms with Crippen molar-refractivity contribution in [2.75, 3.05) is 5.88 Å². The summed E-state index contributed by atoms with van der Waals surface area (Å²) < 4.78 is 0. The third kappa shape index (κ3) is 2.27. The van der Waals surface area contributed by atoms with Gasteiger partial charge in [0.1, 0.15) is 5.60 Å². The number of rotatable bonds is 3. The number of hydrogen-bond acceptors (Lipinski definition) is 2. The van der Waals surface area contributed by atoms with Crippen LogP contribution in [0.4, 0.5) is 0 Å². The average molecular weight is 233 g/mol. The van der Waals surface area contributed by atoms with E-state index in [4.69, 9.17) is 23.2 Å². The van der Waals surface area contributed by atoms with Crippen LogP contribution in [0.5, 0.6) is 0 Å². The minimum atomic E-state index is -1.54. The van der Waals surface area contributed by atoms with Crippen molar-refractivity contribution in [2.24, 2.45) is 0 Å². The van der Waals surface area contributed by atoms with Gasteiger partial charge in [-0.3, -0.25) is 4.79 Å². The van der Waals surface area contributed by atoms with E-state index in [0.717, 1.165) is 0 Å². The van der Waals surface area contributed by atoms with Crippen LogP contribution >= 0.6 is 23.2 Å². The molecule has 0 aliphatic carbocycles. The van der Waals surface area contributed by atoms with Gasteiger partial charge in [0.25, 0.3) is 0 Å². The predicted octanol–water partition coefficient (Wildman–Crippen LogP) is 2.36. The lowest BCUT2D eigenvalue weighted by Gasteiger charge is -2.20. The van der Waals surface area contributed by atoms with Gasteiger partial charge < -0.3 is 5.11 Å². The van der Waals surface area contributed by atoms with E-state index in [-0.39, 0.29) is 5.88 Å². The lowest BCUT2D eigenvalue weighted by molar-refractivity contribution is -0.133. The quantitative estimate of drug-likeness (QED) is 0.813. The molecule has 76 valence electrons. The summed E-state index contributed by atoms with van der Waals surface area (Å²) in [6.07, 6.45) is 0. The molecule has 0 saturated heterocycles. The molecule has 14 heavy (non-hydrogen) atoms. The third-order valence-electron chi connectivity index (χ3n) is 2.07. The molecule has 2 nitrogen and oxygen atoms in total. The van der Waals surface area contributed by atoms with Crippen LogP contribution in [0.25, 0.3) is 0 Å². The third-order valence-corrected chi connectivity index (χ3v) is 2.57. The molecule has 1 aromatic carbocycles. The topological polar surface area (TPSA) is 37.3 Å². The van der Waals surface area contributed by atoms with E-state index >= 15 is 0 Å². The van der Waals surface area contributed by atoms with E-state index in [9.17, 15) is 9.90 Å². The van der Waals surface area contributed by atoms with E-state index in [1.54, 1.807) is 24.3 Å². The largest absolute Gasteiger partial charge is 0.378 e. The molecule has 0 fully saturated rings. The van der Waals surface area contributed by atoms with E-state index < -0.39 is 11.4 Å². The molecule has 0 amide bonds. The zero-order valence-corrected chi connectivity index (χ0v) is 9.14. The fraction of sp³-hybridized carbons (Fsp3) is 0.300. The van der Waals surface area contributed by atoms with E-state index in [1.165, 1.54) is 6.92 Å². The van der Waals surface area contributed by atoms with Gasteiger partial charge in [0.2, 0.25) is 0 Å². The second-order valence-electron chi connectivity index (χ2n) is 3.14. The van der Waals surface area contributed by atoms with E-state index in [2.05, 4.69) is 0 Å². The van der Waals surface area contributed by atoms with Gasteiger partial charge in [0.15, 0.2) is 5.78 Å². The Hall–Kier alpha value is -0.570.